The summed E-state index contributed by atoms with van der Waals surface area (Å²) in [5, 5.41) is 0. The van der Waals surface area contributed by atoms with Crippen molar-refractivity contribution in [2.45, 2.75) is 11.4 Å². The summed E-state index contributed by atoms with van der Waals surface area (Å²) in [6.07, 6.45) is 0. The van der Waals surface area contributed by atoms with Crippen LogP contribution in [0.1, 0.15) is 15.9 Å². The standard InChI is InChI=1S/C23H23FN2O4S/c1-25(16-17-8-6-10-19(14-17)30-3)23(27)18-9-7-11-20(15-18)31(28,29)26(2)22-13-5-4-12-21(22)24/h4-15H,16H2,1-3H3. The Balaban J connectivity index is 1.84. The lowest BCUT2D eigenvalue weighted by molar-refractivity contribution is 0.0784. The number of carbonyl (C=O) groups excluding carboxylic acids is 1. The molecule has 0 saturated heterocycles. The second kappa shape index (κ2) is 9.18. The van der Waals surface area contributed by atoms with E-state index in [0.717, 1.165) is 9.87 Å². The average molecular weight is 443 g/mol. The molecule has 0 aromatic heterocycles. The quantitative estimate of drug-likeness (QED) is 0.556. The van der Waals surface area contributed by atoms with Crippen LogP contribution in [0.25, 0.3) is 0 Å². The number of carbonyl (C=O) groups is 1. The van der Waals surface area contributed by atoms with E-state index in [-0.39, 0.29) is 22.1 Å². The number of amides is 1. The van der Waals surface area contributed by atoms with E-state index in [2.05, 4.69) is 0 Å². The maximum atomic E-state index is 14.1. The molecule has 31 heavy (non-hydrogen) atoms. The van der Waals surface area contributed by atoms with Crippen LogP contribution in [0.3, 0.4) is 0 Å². The van der Waals surface area contributed by atoms with Crippen LogP contribution in [0.2, 0.25) is 0 Å². The third kappa shape index (κ3) is 4.86. The van der Waals surface area contributed by atoms with Crippen molar-refractivity contribution in [1.82, 2.24) is 4.90 Å². The minimum Gasteiger partial charge on any atom is -0.497 e. The number of methoxy groups -OCH3 is 1. The van der Waals surface area contributed by atoms with Crippen molar-refractivity contribution >= 4 is 21.6 Å². The molecule has 0 fully saturated rings. The fraction of sp³-hybridized carbons (Fsp3) is 0.174. The number of hydrogen-bond acceptors (Lipinski definition) is 4. The zero-order valence-corrected chi connectivity index (χ0v) is 18.3. The first-order chi connectivity index (χ1) is 14.7. The van der Waals surface area contributed by atoms with Gasteiger partial charge in [-0.1, -0.05) is 30.3 Å². The number of nitrogens with zero attached hydrogens (tertiary/aromatic N) is 2. The average Bonchev–Trinajstić information content (AvgIpc) is 2.78. The van der Waals surface area contributed by atoms with Crippen LogP contribution in [0, 0.1) is 5.82 Å². The number of anilines is 1. The van der Waals surface area contributed by atoms with Gasteiger partial charge in [0.1, 0.15) is 11.6 Å². The molecular formula is C23H23FN2O4S. The number of para-hydroxylation sites is 1. The van der Waals surface area contributed by atoms with Crippen molar-refractivity contribution in [3.05, 3.63) is 89.7 Å². The van der Waals surface area contributed by atoms with Gasteiger partial charge in [-0.15, -0.1) is 0 Å². The molecule has 3 aromatic rings. The molecular weight excluding hydrogens is 419 g/mol. The number of benzene rings is 3. The molecule has 162 valence electrons. The van der Waals surface area contributed by atoms with Crippen LogP contribution in [-0.4, -0.2) is 40.4 Å². The van der Waals surface area contributed by atoms with Crippen LogP contribution >= 0.6 is 0 Å². The van der Waals surface area contributed by atoms with Gasteiger partial charge in [0, 0.05) is 26.2 Å². The van der Waals surface area contributed by atoms with Crippen molar-refractivity contribution in [1.29, 1.82) is 0 Å². The first kappa shape index (κ1) is 22.3. The molecule has 3 rings (SSSR count). The molecule has 0 radical (unpaired) electrons. The Morgan fingerprint density at radius 1 is 0.968 bits per heavy atom. The zero-order valence-electron chi connectivity index (χ0n) is 17.4. The van der Waals surface area contributed by atoms with Gasteiger partial charge in [0.15, 0.2) is 0 Å². The fourth-order valence-electron chi connectivity index (χ4n) is 3.12. The molecule has 0 N–H and O–H groups in total. The normalized spacial score (nSPS) is 11.1. The maximum absolute atomic E-state index is 14.1. The van der Waals surface area contributed by atoms with Gasteiger partial charge in [0.25, 0.3) is 15.9 Å². The number of rotatable bonds is 7. The molecule has 0 unspecified atom stereocenters. The Morgan fingerprint density at radius 3 is 2.39 bits per heavy atom. The highest BCUT2D eigenvalue weighted by Crippen LogP contribution is 2.25. The highest BCUT2D eigenvalue weighted by Gasteiger charge is 2.25. The molecule has 0 heterocycles. The Labute approximate surface area is 181 Å². The van der Waals surface area contributed by atoms with Crippen molar-refractivity contribution in [3.8, 4) is 5.75 Å². The second-order valence-corrected chi connectivity index (χ2v) is 8.93. The Morgan fingerprint density at radius 2 is 1.68 bits per heavy atom. The molecule has 0 aliphatic heterocycles. The molecule has 0 aliphatic carbocycles. The minimum absolute atomic E-state index is 0.0747. The smallest absolute Gasteiger partial charge is 0.264 e. The van der Waals surface area contributed by atoms with Gasteiger partial charge in [-0.2, -0.15) is 0 Å². The highest BCUT2D eigenvalue weighted by atomic mass is 32.2. The van der Waals surface area contributed by atoms with Gasteiger partial charge >= 0.3 is 0 Å². The molecule has 1 amide bonds. The van der Waals surface area contributed by atoms with Gasteiger partial charge in [0.2, 0.25) is 0 Å². The molecule has 0 aliphatic rings. The summed E-state index contributed by atoms with van der Waals surface area (Å²) in [6.45, 7) is 0.322. The lowest BCUT2D eigenvalue weighted by Crippen LogP contribution is -2.29. The molecule has 6 nitrogen and oxygen atoms in total. The molecule has 0 saturated carbocycles. The largest absolute Gasteiger partial charge is 0.497 e. The zero-order chi connectivity index (χ0) is 22.6. The van der Waals surface area contributed by atoms with Crippen LogP contribution in [0.4, 0.5) is 10.1 Å². The van der Waals surface area contributed by atoms with Crippen molar-refractivity contribution in [2.75, 3.05) is 25.5 Å². The second-order valence-electron chi connectivity index (χ2n) is 6.96. The topological polar surface area (TPSA) is 66.9 Å². The summed E-state index contributed by atoms with van der Waals surface area (Å²) in [4.78, 5) is 14.3. The summed E-state index contributed by atoms with van der Waals surface area (Å²) in [5.41, 5.74) is 1.01. The highest BCUT2D eigenvalue weighted by molar-refractivity contribution is 7.92. The van der Waals surface area contributed by atoms with Crippen LogP contribution < -0.4 is 9.04 Å². The molecule has 0 atom stereocenters. The van der Waals surface area contributed by atoms with E-state index in [4.69, 9.17) is 4.74 Å². The van der Waals surface area contributed by atoms with Gasteiger partial charge in [-0.05, 0) is 48.0 Å². The van der Waals surface area contributed by atoms with Gasteiger partial charge < -0.3 is 9.64 Å². The summed E-state index contributed by atoms with van der Waals surface area (Å²) >= 11 is 0. The van der Waals surface area contributed by atoms with E-state index in [0.29, 0.717) is 12.3 Å². The molecule has 0 spiro atoms. The first-order valence-electron chi connectivity index (χ1n) is 9.46. The summed E-state index contributed by atoms with van der Waals surface area (Å²) < 4.78 is 46.2. The van der Waals surface area contributed by atoms with E-state index in [1.807, 2.05) is 24.3 Å². The van der Waals surface area contributed by atoms with E-state index < -0.39 is 15.8 Å². The van der Waals surface area contributed by atoms with Gasteiger partial charge in [-0.25, -0.2) is 12.8 Å². The fourth-order valence-corrected chi connectivity index (χ4v) is 4.37. The van der Waals surface area contributed by atoms with E-state index in [9.17, 15) is 17.6 Å². The third-order valence-electron chi connectivity index (χ3n) is 4.83. The van der Waals surface area contributed by atoms with Crippen molar-refractivity contribution in [3.63, 3.8) is 0 Å². The number of halogens is 1. The van der Waals surface area contributed by atoms with E-state index in [1.165, 1.54) is 48.3 Å². The maximum Gasteiger partial charge on any atom is 0.264 e. The van der Waals surface area contributed by atoms with Crippen LogP contribution in [0.15, 0.2) is 77.7 Å². The summed E-state index contributed by atoms with van der Waals surface area (Å²) in [5.74, 6) is -0.310. The predicted molar refractivity (Wildman–Crippen MR) is 117 cm³/mol. The van der Waals surface area contributed by atoms with E-state index >= 15 is 0 Å². The van der Waals surface area contributed by atoms with Gasteiger partial charge in [0.05, 0.1) is 17.7 Å². The third-order valence-corrected chi connectivity index (χ3v) is 6.60. The Bertz CT molecular complexity index is 1200. The Hall–Kier alpha value is -3.39. The molecule has 8 heteroatoms. The van der Waals surface area contributed by atoms with Crippen LogP contribution in [-0.2, 0) is 16.6 Å². The number of hydrogen-bond donors (Lipinski definition) is 0. The lowest BCUT2D eigenvalue weighted by atomic mass is 10.1. The SMILES string of the molecule is COc1cccc(CN(C)C(=O)c2cccc(S(=O)(=O)N(C)c3ccccc3F)c2)c1. The van der Waals surface area contributed by atoms with Crippen molar-refractivity contribution < 1.29 is 22.3 Å². The van der Waals surface area contributed by atoms with E-state index in [1.54, 1.807) is 26.3 Å². The number of ether oxygens (including phenoxy) is 1. The number of sulfonamides is 1. The summed E-state index contributed by atoms with van der Waals surface area (Å²) in [6, 6.07) is 18.7. The van der Waals surface area contributed by atoms with Crippen LogP contribution in [0.5, 0.6) is 5.75 Å². The Kier molecular flexibility index (Phi) is 6.60. The summed E-state index contributed by atoms with van der Waals surface area (Å²) in [7, 11) is 0.418. The minimum atomic E-state index is -4.06. The lowest BCUT2D eigenvalue weighted by Gasteiger charge is -2.21. The monoisotopic (exact) mass is 442 g/mol. The first-order valence-corrected chi connectivity index (χ1v) is 10.9. The molecule has 3 aromatic carbocycles. The predicted octanol–water partition coefficient (Wildman–Crippen LogP) is 3.93. The molecule has 0 bridgehead atoms. The van der Waals surface area contributed by atoms with Crippen molar-refractivity contribution in [2.24, 2.45) is 0 Å². The van der Waals surface area contributed by atoms with Gasteiger partial charge in [-0.3, -0.25) is 9.10 Å².